The number of anilines is 1. The van der Waals surface area contributed by atoms with Crippen LogP contribution in [0.15, 0.2) is 0 Å². The molecule has 1 aliphatic rings. The van der Waals surface area contributed by atoms with Crippen LogP contribution in [-0.4, -0.2) is 9.78 Å². The summed E-state index contributed by atoms with van der Waals surface area (Å²) in [6.45, 7) is 8.96. The average molecular weight is 207 g/mol. The van der Waals surface area contributed by atoms with E-state index in [0.29, 0.717) is 5.92 Å². The van der Waals surface area contributed by atoms with Gasteiger partial charge >= 0.3 is 0 Å². The second-order valence-electron chi connectivity index (χ2n) is 5.45. The topological polar surface area (TPSA) is 43.8 Å². The molecule has 2 atom stereocenters. The van der Waals surface area contributed by atoms with E-state index in [0.717, 1.165) is 11.7 Å². The molecule has 0 bridgehead atoms. The van der Waals surface area contributed by atoms with Crippen molar-refractivity contribution in [1.82, 2.24) is 9.78 Å². The van der Waals surface area contributed by atoms with Gasteiger partial charge in [0.2, 0.25) is 0 Å². The Balaban J connectivity index is 2.52. The minimum absolute atomic E-state index is 0.273. The standard InChI is InChI=1S/C12H21N3/c1-7(2)9-10(12(4)6-8(12)3)14-15(5)11(9)13/h7-8H,6,13H2,1-5H3. The summed E-state index contributed by atoms with van der Waals surface area (Å²) >= 11 is 0. The van der Waals surface area contributed by atoms with Gasteiger partial charge in [-0.1, -0.05) is 27.7 Å². The molecule has 1 aromatic heterocycles. The van der Waals surface area contributed by atoms with Gasteiger partial charge in [-0.3, -0.25) is 4.68 Å². The first-order valence-corrected chi connectivity index (χ1v) is 5.70. The van der Waals surface area contributed by atoms with Gasteiger partial charge in [0.1, 0.15) is 5.82 Å². The van der Waals surface area contributed by atoms with Crippen LogP contribution in [0.1, 0.15) is 51.3 Å². The highest BCUT2D eigenvalue weighted by molar-refractivity contribution is 5.50. The van der Waals surface area contributed by atoms with E-state index in [2.05, 4.69) is 32.8 Å². The predicted molar refractivity (Wildman–Crippen MR) is 62.8 cm³/mol. The van der Waals surface area contributed by atoms with Gasteiger partial charge in [-0.05, 0) is 18.3 Å². The van der Waals surface area contributed by atoms with Gasteiger partial charge < -0.3 is 5.73 Å². The lowest BCUT2D eigenvalue weighted by Gasteiger charge is -2.12. The second-order valence-corrected chi connectivity index (χ2v) is 5.45. The number of hydrogen-bond acceptors (Lipinski definition) is 2. The molecule has 1 saturated carbocycles. The fraction of sp³-hybridized carbons (Fsp3) is 0.750. The first-order valence-electron chi connectivity index (χ1n) is 5.70. The molecule has 2 unspecified atom stereocenters. The quantitative estimate of drug-likeness (QED) is 0.809. The Kier molecular flexibility index (Phi) is 2.11. The summed E-state index contributed by atoms with van der Waals surface area (Å²) in [4.78, 5) is 0. The van der Waals surface area contributed by atoms with Crippen LogP contribution in [0.5, 0.6) is 0 Å². The molecule has 1 fully saturated rings. The Labute approximate surface area is 91.7 Å². The maximum Gasteiger partial charge on any atom is 0.125 e. The summed E-state index contributed by atoms with van der Waals surface area (Å²) in [5.74, 6) is 2.03. The molecule has 0 aliphatic heterocycles. The highest BCUT2D eigenvalue weighted by Crippen LogP contribution is 2.55. The van der Waals surface area contributed by atoms with Crippen LogP contribution in [0.3, 0.4) is 0 Å². The van der Waals surface area contributed by atoms with Crippen LogP contribution in [0.4, 0.5) is 5.82 Å². The van der Waals surface area contributed by atoms with E-state index in [4.69, 9.17) is 5.73 Å². The van der Waals surface area contributed by atoms with E-state index >= 15 is 0 Å². The Bertz CT molecular complexity index is 392. The molecule has 84 valence electrons. The normalized spacial score (nSPS) is 29.9. The smallest absolute Gasteiger partial charge is 0.125 e. The van der Waals surface area contributed by atoms with Crippen molar-refractivity contribution in [2.24, 2.45) is 13.0 Å². The van der Waals surface area contributed by atoms with Crippen molar-refractivity contribution in [2.75, 3.05) is 5.73 Å². The summed E-state index contributed by atoms with van der Waals surface area (Å²) in [6.07, 6.45) is 1.24. The highest BCUT2D eigenvalue weighted by Gasteiger charge is 2.51. The van der Waals surface area contributed by atoms with Crippen LogP contribution in [0, 0.1) is 5.92 Å². The van der Waals surface area contributed by atoms with Gasteiger partial charge in [-0.25, -0.2) is 0 Å². The molecule has 0 radical (unpaired) electrons. The van der Waals surface area contributed by atoms with E-state index in [9.17, 15) is 0 Å². The molecular weight excluding hydrogens is 186 g/mol. The fourth-order valence-electron chi connectivity index (χ4n) is 2.45. The van der Waals surface area contributed by atoms with Crippen LogP contribution < -0.4 is 5.73 Å². The van der Waals surface area contributed by atoms with Crippen LogP contribution >= 0.6 is 0 Å². The molecule has 0 aromatic carbocycles. The summed E-state index contributed by atoms with van der Waals surface area (Å²) in [5.41, 5.74) is 8.83. The molecule has 1 aliphatic carbocycles. The predicted octanol–water partition coefficient (Wildman–Crippen LogP) is 2.42. The fourth-order valence-corrected chi connectivity index (χ4v) is 2.45. The summed E-state index contributed by atoms with van der Waals surface area (Å²) in [5, 5.41) is 4.61. The van der Waals surface area contributed by atoms with Crippen LogP contribution in [-0.2, 0) is 12.5 Å². The summed E-state index contributed by atoms with van der Waals surface area (Å²) < 4.78 is 1.82. The third-order valence-electron chi connectivity index (χ3n) is 3.91. The number of nitrogens with two attached hydrogens (primary N) is 1. The van der Waals surface area contributed by atoms with E-state index < -0.39 is 0 Å². The van der Waals surface area contributed by atoms with Crippen molar-refractivity contribution in [1.29, 1.82) is 0 Å². The maximum absolute atomic E-state index is 6.07. The monoisotopic (exact) mass is 207 g/mol. The molecule has 1 heterocycles. The number of aryl methyl sites for hydroxylation is 1. The SMILES string of the molecule is CC(C)c1c(C2(C)CC2C)nn(C)c1N. The Morgan fingerprint density at radius 1 is 1.53 bits per heavy atom. The second kappa shape index (κ2) is 3.00. The highest BCUT2D eigenvalue weighted by atomic mass is 15.3. The molecule has 0 spiro atoms. The zero-order valence-corrected chi connectivity index (χ0v) is 10.3. The lowest BCUT2D eigenvalue weighted by molar-refractivity contribution is 0.633. The number of hydrogen-bond donors (Lipinski definition) is 1. The summed E-state index contributed by atoms with van der Waals surface area (Å²) in [6, 6.07) is 0. The van der Waals surface area contributed by atoms with E-state index in [1.165, 1.54) is 17.7 Å². The van der Waals surface area contributed by atoms with Gasteiger partial charge in [0.05, 0.1) is 5.69 Å². The third-order valence-corrected chi connectivity index (χ3v) is 3.91. The minimum atomic E-state index is 0.273. The van der Waals surface area contributed by atoms with Crippen molar-refractivity contribution in [3.8, 4) is 0 Å². The van der Waals surface area contributed by atoms with Crippen molar-refractivity contribution in [3.63, 3.8) is 0 Å². The largest absolute Gasteiger partial charge is 0.384 e. The van der Waals surface area contributed by atoms with Gasteiger partial charge in [-0.15, -0.1) is 0 Å². The molecule has 0 saturated heterocycles. The first kappa shape index (κ1) is 10.5. The molecular formula is C12H21N3. The zero-order valence-electron chi connectivity index (χ0n) is 10.3. The summed E-state index contributed by atoms with van der Waals surface area (Å²) in [7, 11) is 1.93. The molecule has 0 amide bonds. The van der Waals surface area contributed by atoms with Crippen LogP contribution in [0.2, 0.25) is 0 Å². The lowest BCUT2D eigenvalue weighted by atomic mass is 9.92. The maximum atomic E-state index is 6.07. The Morgan fingerprint density at radius 2 is 2.07 bits per heavy atom. The van der Waals surface area contributed by atoms with Crippen molar-refractivity contribution in [2.45, 2.75) is 45.4 Å². The number of nitrogens with zero attached hydrogens (tertiary/aromatic N) is 2. The third kappa shape index (κ3) is 1.36. The first-order chi connectivity index (χ1) is 6.88. The molecule has 3 nitrogen and oxygen atoms in total. The van der Waals surface area contributed by atoms with Gasteiger partial charge in [0.15, 0.2) is 0 Å². The number of rotatable bonds is 2. The average Bonchev–Trinajstić information content (AvgIpc) is 2.60. The molecule has 15 heavy (non-hydrogen) atoms. The van der Waals surface area contributed by atoms with Crippen molar-refractivity contribution >= 4 is 5.82 Å². The molecule has 1 aromatic rings. The zero-order chi connectivity index (χ0) is 11.4. The molecule has 2 rings (SSSR count). The Hall–Kier alpha value is -0.990. The minimum Gasteiger partial charge on any atom is -0.384 e. The van der Waals surface area contributed by atoms with Crippen LogP contribution in [0.25, 0.3) is 0 Å². The van der Waals surface area contributed by atoms with E-state index in [-0.39, 0.29) is 5.41 Å². The van der Waals surface area contributed by atoms with Crippen molar-refractivity contribution < 1.29 is 0 Å². The molecule has 3 heteroatoms. The number of nitrogen functional groups attached to an aromatic ring is 1. The van der Waals surface area contributed by atoms with Gasteiger partial charge in [0, 0.05) is 18.0 Å². The van der Waals surface area contributed by atoms with E-state index in [1.807, 2.05) is 11.7 Å². The lowest BCUT2D eigenvalue weighted by Crippen LogP contribution is -2.09. The van der Waals surface area contributed by atoms with Crippen molar-refractivity contribution in [3.05, 3.63) is 11.3 Å². The van der Waals surface area contributed by atoms with Gasteiger partial charge in [0.25, 0.3) is 0 Å². The number of aromatic nitrogens is 2. The molecule has 2 N–H and O–H groups in total. The van der Waals surface area contributed by atoms with Gasteiger partial charge in [-0.2, -0.15) is 5.10 Å². The van der Waals surface area contributed by atoms with E-state index in [1.54, 1.807) is 0 Å². The Morgan fingerprint density at radius 3 is 2.47 bits per heavy atom.